The average Bonchev–Trinajstić information content (AvgIpc) is 2.45. The fourth-order valence-corrected chi connectivity index (χ4v) is 1.53. The molecule has 0 aromatic heterocycles. The van der Waals surface area contributed by atoms with Crippen LogP contribution in [0.3, 0.4) is 0 Å². The van der Waals surface area contributed by atoms with E-state index in [2.05, 4.69) is 17.6 Å². The number of primary amides is 1. The van der Waals surface area contributed by atoms with E-state index in [0.29, 0.717) is 17.9 Å². The van der Waals surface area contributed by atoms with Crippen LogP contribution in [0.25, 0.3) is 0 Å². The molecule has 0 saturated heterocycles. The van der Waals surface area contributed by atoms with Gasteiger partial charge in [0.15, 0.2) is 6.61 Å². The standard InChI is InChI=1S/C14H21N3O3.ClH/c1-2-7-16-8-9-17-14(19)11-3-5-12(6-4-11)20-10-13(15)18;/h3-6,16H,2,7-10H2,1H3,(H2,15,18)(H,17,19);1H. The normalized spacial score (nSPS) is 9.57. The van der Waals surface area contributed by atoms with Gasteiger partial charge in [-0.05, 0) is 37.2 Å². The minimum atomic E-state index is -0.536. The summed E-state index contributed by atoms with van der Waals surface area (Å²) in [4.78, 5) is 22.4. The molecule has 118 valence electrons. The van der Waals surface area contributed by atoms with Gasteiger partial charge in [-0.3, -0.25) is 9.59 Å². The van der Waals surface area contributed by atoms with Gasteiger partial charge in [-0.15, -0.1) is 12.4 Å². The summed E-state index contributed by atoms with van der Waals surface area (Å²) in [5.74, 6) is -0.166. The van der Waals surface area contributed by atoms with Crippen LogP contribution in [0, 0.1) is 0 Å². The Bertz CT molecular complexity index is 438. The lowest BCUT2D eigenvalue weighted by atomic mass is 10.2. The summed E-state index contributed by atoms with van der Waals surface area (Å²) in [6, 6.07) is 6.55. The Balaban J connectivity index is 0.00000400. The number of ether oxygens (including phenoxy) is 1. The molecule has 0 fully saturated rings. The molecule has 0 aliphatic carbocycles. The zero-order valence-corrected chi connectivity index (χ0v) is 12.9. The van der Waals surface area contributed by atoms with Crippen molar-refractivity contribution < 1.29 is 14.3 Å². The predicted octanol–water partition coefficient (Wildman–Crippen LogP) is 0.702. The summed E-state index contributed by atoms with van der Waals surface area (Å²) in [7, 11) is 0. The molecule has 0 aliphatic heterocycles. The molecule has 0 heterocycles. The second-order valence-electron chi connectivity index (χ2n) is 4.29. The summed E-state index contributed by atoms with van der Waals surface area (Å²) in [6.45, 7) is 4.20. The number of carbonyl (C=O) groups is 2. The zero-order chi connectivity index (χ0) is 14.8. The van der Waals surface area contributed by atoms with E-state index in [9.17, 15) is 9.59 Å². The van der Waals surface area contributed by atoms with Gasteiger partial charge in [0.05, 0.1) is 0 Å². The Labute approximate surface area is 130 Å². The fraction of sp³-hybridized carbons (Fsp3) is 0.429. The SMILES string of the molecule is CCCNCCNC(=O)c1ccc(OCC(N)=O)cc1.Cl. The number of hydrogen-bond donors (Lipinski definition) is 3. The molecule has 7 heteroatoms. The van der Waals surface area contributed by atoms with Crippen molar-refractivity contribution in [2.24, 2.45) is 5.73 Å². The van der Waals surface area contributed by atoms with E-state index >= 15 is 0 Å². The fourth-order valence-electron chi connectivity index (χ4n) is 1.53. The van der Waals surface area contributed by atoms with Crippen LogP contribution < -0.4 is 21.1 Å². The molecule has 6 nitrogen and oxygen atoms in total. The van der Waals surface area contributed by atoms with Crippen LogP contribution >= 0.6 is 12.4 Å². The minimum Gasteiger partial charge on any atom is -0.484 e. The van der Waals surface area contributed by atoms with Gasteiger partial charge in [0, 0.05) is 18.7 Å². The van der Waals surface area contributed by atoms with Crippen LogP contribution in [0.4, 0.5) is 0 Å². The molecule has 0 unspecified atom stereocenters. The van der Waals surface area contributed by atoms with E-state index in [-0.39, 0.29) is 24.9 Å². The van der Waals surface area contributed by atoms with E-state index in [1.54, 1.807) is 24.3 Å². The Morgan fingerprint density at radius 2 is 1.81 bits per heavy atom. The first-order valence-corrected chi connectivity index (χ1v) is 6.63. The predicted molar refractivity (Wildman–Crippen MR) is 83.9 cm³/mol. The quantitative estimate of drug-likeness (QED) is 0.585. The van der Waals surface area contributed by atoms with Crippen LogP contribution in [0.5, 0.6) is 5.75 Å². The van der Waals surface area contributed by atoms with Gasteiger partial charge in [0.1, 0.15) is 5.75 Å². The maximum Gasteiger partial charge on any atom is 0.255 e. The Kier molecular flexibility index (Phi) is 10.0. The van der Waals surface area contributed by atoms with Gasteiger partial charge < -0.3 is 21.1 Å². The highest BCUT2D eigenvalue weighted by Crippen LogP contribution is 2.11. The third kappa shape index (κ3) is 8.16. The summed E-state index contributed by atoms with van der Waals surface area (Å²) >= 11 is 0. The zero-order valence-electron chi connectivity index (χ0n) is 12.1. The van der Waals surface area contributed by atoms with Gasteiger partial charge in [0.2, 0.25) is 0 Å². The van der Waals surface area contributed by atoms with Crippen molar-refractivity contribution in [1.29, 1.82) is 0 Å². The highest BCUT2D eigenvalue weighted by molar-refractivity contribution is 5.94. The first kappa shape index (κ1) is 19.2. The number of carbonyl (C=O) groups excluding carboxylic acids is 2. The summed E-state index contributed by atoms with van der Waals surface area (Å²) in [5.41, 5.74) is 5.52. The molecule has 21 heavy (non-hydrogen) atoms. The first-order valence-electron chi connectivity index (χ1n) is 6.63. The lowest BCUT2D eigenvalue weighted by molar-refractivity contribution is -0.119. The van der Waals surface area contributed by atoms with E-state index < -0.39 is 5.91 Å². The van der Waals surface area contributed by atoms with E-state index in [1.807, 2.05) is 0 Å². The van der Waals surface area contributed by atoms with Crippen molar-refractivity contribution in [3.63, 3.8) is 0 Å². The molecule has 1 rings (SSSR count). The van der Waals surface area contributed by atoms with E-state index in [0.717, 1.165) is 19.5 Å². The molecular weight excluding hydrogens is 294 g/mol. The van der Waals surface area contributed by atoms with Gasteiger partial charge in [0.25, 0.3) is 11.8 Å². The topological polar surface area (TPSA) is 93.4 Å². The molecule has 0 saturated carbocycles. The number of amides is 2. The third-order valence-corrected chi connectivity index (χ3v) is 2.51. The molecule has 1 aromatic rings. The van der Waals surface area contributed by atoms with Crippen molar-refractivity contribution in [3.05, 3.63) is 29.8 Å². The second-order valence-corrected chi connectivity index (χ2v) is 4.29. The van der Waals surface area contributed by atoms with Gasteiger partial charge in [-0.1, -0.05) is 6.92 Å². The smallest absolute Gasteiger partial charge is 0.255 e. The summed E-state index contributed by atoms with van der Waals surface area (Å²) in [5, 5.41) is 6.01. The number of benzene rings is 1. The molecule has 1 aromatic carbocycles. The van der Waals surface area contributed by atoms with Crippen molar-refractivity contribution in [2.45, 2.75) is 13.3 Å². The monoisotopic (exact) mass is 315 g/mol. The molecule has 0 aliphatic rings. The number of rotatable bonds is 9. The molecule has 0 spiro atoms. The highest BCUT2D eigenvalue weighted by Gasteiger charge is 2.05. The summed E-state index contributed by atoms with van der Waals surface area (Å²) < 4.78 is 5.11. The first-order chi connectivity index (χ1) is 9.63. The van der Waals surface area contributed by atoms with E-state index in [1.165, 1.54) is 0 Å². The number of halogens is 1. The van der Waals surface area contributed by atoms with E-state index in [4.69, 9.17) is 10.5 Å². The largest absolute Gasteiger partial charge is 0.484 e. The average molecular weight is 316 g/mol. The highest BCUT2D eigenvalue weighted by atomic mass is 35.5. The third-order valence-electron chi connectivity index (χ3n) is 2.51. The minimum absolute atomic E-state index is 0. The molecule has 4 N–H and O–H groups in total. The van der Waals surface area contributed by atoms with Crippen molar-refractivity contribution in [3.8, 4) is 5.75 Å². The maximum atomic E-state index is 11.8. The summed E-state index contributed by atoms with van der Waals surface area (Å²) in [6.07, 6.45) is 1.07. The molecule has 0 bridgehead atoms. The van der Waals surface area contributed by atoms with Crippen LogP contribution in [-0.4, -0.2) is 38.1 Å². The lowest BCUT2D eigenvalue weighted by Crippen LogP contribution is -2.32. The Morgan fingerprint density at radius 1 is 1.14 bits per heavy atom. The van der Waals surface area contributed by atoms with Crippen molar-refractivity contribution >= 4 is 24.2 Å². The van der Waals surface area contributed by atoms with Crippen LogP contribution in [0.1, 0.15) is 23.7 Å². The van der Waals surface area contributed by atoms with Crippen LogP contribution in [-0.2, 0) is 4.79 Å². The van der Waals surface area contributed by atoms with Gasteiger partial charge in [-0.2, -0.15) is 0 Å². The van der Waals surface area contributed by atoms with Crippen molar-refractivity contribution in [2.75, 3.05) is 26.2 Å². The Hall–Kier alpha value is -1.79. The number of nitrogens with two attached hydrogens (primary N) is 1. The molecule has 2 amide bonds. The second kappa shape index (κ2) is 10.9. The molecule has 0 atom stereocenters. The maximum absolute atomic E-state index is 11.8. The van der Waals surface area contributed by atoms with Crippen LogP contribution in [0.15, 0.2) is 24.3 Å². The lowest BCUT2D eigenvalue weighted by Gasteiger charge is -2.07. The molecular formula is C14H22ClN3O3. The number of nitrogens with one attached hydrogen (secondary N) is 2. The Morgan fingerprint density at radius 3 is 2.38 bits per heavy atom. The van der Waals surface area contributed by atoms with Gasteiger partial charge in [-0.25, -0.2) is 0 Å². The number of hydrogen-bond acceptors (Lipinski definition) is 4. The van der Waals surface area contributed by atoms with Crippen LogP contribution in [0.2, 0.25) is 0 Å². The molecule has 0 radical (unpaired) electrons. The van der Waals surface area contributed by atoms with Crippen molar-refractivity contribution in [1.82, 2.24) is 10.6 Å². The van der Waals surface area contributed by atoms with Gasteiger partial charge >= 0.3 is 0 Å².